The van der Waals surface area contributed by atoms with E-state index in [1.807, 2.05) is 24.3 Å². The fraction of sp³-hybridized carbons (Fsp3) is 0.603. The van der Waals surface area contributed by atoms with Crippen LogP contribution in [0.2, 0.25) is 0 Å². The van der Waals surface area contributed by atoms with Crippen LogP contribution in [0.15, 0.2) is 134 Å². The maximum atomic E-state index is 12.8. The largest absolute Gasteiger partial charge is 0.462 e. The highest BCUT2D eigenvalue weighted by atomic mass is 128. The Morgan fingerprint density at radius 3 is 0.972 bits per heavy atom. The Hall–Kier alpha value is -2.99. The molecule has 0 aliphatic heterocycles. The van der Waals surface area contributed by atoms with Crippen molar-refractivity contribution in [3.05, 3.63) is 134 Å². The third kappa shape index (κ3) is 61.2. The Morgan fingerprint density at radius 1 is 0.324 bits per heavy atom. The lowest BCUT2D eigenvalue weighted by Crippen LogP contribution is -2.30. The van der Waals surface area contributed by atoms with E-state index < -0.39 is 12.1 Å². The number of hydrogen-bond donors (Lipinski definition) is 0. The zero-order chi connectivity index (χ0) is 52.0. The molecule has 0 saturated heterocycles. The zero-order valence-electron chi connectivity index (χ0n) is 45.0. The van der Waals surface area contributed by atoms with E-state index in [2.05, 4.69) is 167 Å². The van der Waals surface area contributed by atoms with E-state index in [4.69, 9.17) is 14.2 Å². The predicted molar refractivity (Wildman–Crippen MR) is 325 cm³/mol. The number of esters is 3. The summed E-state index contributed by atoms with van der Waals surface area (Å²) in [5.41, 5.74) is 0. The standard InChI is InChI=1S/C63H100O6.I2/c1-4-7-10-13-16-19-22-25-27-29-31-33-35-38-41-44-47-50-53-56-62(65)68-59-60(58-67-61(64)55-52-49-46-43-40-37-24-21-18-15-12-9-6-3)69-63(66)57-54-51-48-45-42-39-36-34-32-30-28-26-23-20-17-14-11-8-5-2;1-2/h8,11,16-17,19-20,25-28,31-34,38-39,41-42,47-48,50-51,60H,4-7,9-10,12-15,18,21-24,29-30,35-37,40,43-46,49,52-59H2,1-3H3;/b11-8-,19-16-,20-17-,27-25-,28-26-,33-31-,34-32-,41-38-,42-39-,50-47-,51-48-;. The fourth-order valence-electron chi connectivity index (χ4n) is 7.04. The van der Waals surface area contributed by atoms with Gasteiger partial charge in [0.05, 0.1) is 0 Å². The lowest BCUT2D eigenvalue weighted by Gasteiger charge is -2.18. The number of carbonyl (C=O) groups is 3. The van der Waals surface area contributed by atoms with Gasteiger partial charge in [0.2, 0.25) is 0 Å². The van der Waals surface area contributed by atoms with E-state index in [0.29, 0.717) is 19.3 Å². The van der Waals surface area contributed by atoms with Crippen molar-refractivity contribution in [2.24, 2.45) is 0 Å². The molecule has 0 aromatic carbocycles. The van der Waals surface area contributed by atoms with Crippen LogP contribution < -0.4 is 0 Å². The molecular formula is C63H100I2O6. The van der Waals surface area contributed by atoms with Crippen molar-refractivity contribution in [3.8, 4) is 0 Å². The zero-order valence-corrected chi connectivity index (χ0v) is 49.3. The van der Waals surface area contributed by atoms with Crippen molar-refractivity contribution < 1.29 is 28.6 Å². The average molecular weight is 1210 g/mol. The van der Waals surface area contributed by atoms with Crippen molar-refractivity contribution in [2.75, 3.05) is 13.2 Å². The third-order valence-electron chi connectivity index (χ3n) is 11.2. The molecule has 1 unspecified atom stereocenters. The first-order chi connectivity index (χ1) is 35.0. The second-order valence-corrected chi connectivity index (χ2v) is 17.8. The maximum Gasteiger partial charge on any atom is 0.306 e. The summed E-state index contributed by atoms with van der Waals surface area (Å²) in [6, 6.07) is 0. The van der Waals surface area contributed by atoms with Gasteiger partial charge in [0.1, 0.15) is 13.2 Å². The smallest absolute Gasteiger partial charge is 0.306 e. The number of halogens is 2. The van der Waals surface area contributed by atoms with E-state index in [1.165, 1.54) is 89.9 Å². The first-order valence-corrected chi connectivity index (χ1v) is 34.1. The number of allylic oxidation sites excluding steroid dienone is 22. The molecule has 0 spiro atoms. The van der Waals surface area contributed by atoms with Crippen molar-refractivity contribution in [1.82, 2.24) is 0 Å². The summed E-state index contributed by atoms with van der Waals surface area (Å²) in [5.74, 6) is -1.11. The molecule has 0 rings (SSSR count). The molecule has 0 aliphatic carbocycles. The molecule has 0 aromatic heterocycles. The second kappa shape index (κ2) is 63.1. The summed E-state index contributed by atoms with van der Waals surface area (Å²) in [5, 5.41) is 0. The molecule has 0 N–H and O–H groups in total. The first-order valence-electron chi connectivity index (χ1n) is 27.8. The van der Waals surface area contributed by atoms with E-state index in [-0.39, 0.29) is 38.0 Å². The van der Waals surface area contributed by atoms with Gasteiger partial charge in [0, 0.05) is 56.5 Å². The number of rotatable bonds is 48. The van der Waals surface area contributed by atoms with Crippen LogP contribution in [0.25, 0.3) is 0 Å². The highest BCUT2D eigenvalue weighted by Crippen LogP contribution is 2.14. The van der Waals surface area contributed by atoms with Gasteiger partial charge in [-0.1, -0.05) is 244 Å². The van der Waals surface area contributed by atoms with Crippen LogP contribution in [0.5, 0.6) is 0 Å². The lowest BCUT2D eigenvalue weighted by molar-refractivity contribution is -0.166. The minimum atomic E-state index is -0.852. The summed E-state index contributed by atoms with van der Waals surface area (Å²) in [6.45, 7) is 6.36. The summed E-state index contributed by atoms with van der Waals surface area (Å²) >= 11 is 4.24. The number of carbonyl (C=O) groups excluding carboxylic acids is 3. The molecule has 0 aliphatic rings. The van der Waals surface area contributed by atoms with Gasteiger partial charge >= 0.3 is 17.9 Å². The highest BCUT2D eigenvalue weighted by Gasteiger charge is 2.19. The molecule has 0 saturated carbocycles. The van der Waals surface area contributed by atoms with Gasteiger partial charge in [0.15, 0.2) is 6.10 Å². The Kier molecular flexibility index (Phi) is 62.3. The Morgan fingerprint density at radius 2 is 0.606 bits per heavy atom. The van der Waals surface area contributed by atoms with E-state index in [9.17, 15) is 14.4 Å². The maximum absolute atomic E-state index is 12.8. The molecule has 8 heteroatoms. The van der Waals surface area contributed by atoms with Crippen LogP contribution in [0, 0.1) is 0 Å². The van der Waals surface area contributed by atoms with Crippen LogP contribution in [0.3, 0.4) is 0 Å². The minimum absolute atomic E-state index is 0.134. The van der Waals surface area contributed by atoms with Gasteiger partial charge in [-0.3, -0.25) is 14.4 Å². The van der Waals surface area contributed by atoms with Crippen molar-refractivity contribution in [2.45, 2.75) is 232 Å². The Bertz CT molecular complexity index is 1530. The van der Waals surface area contributed by atoms with Crippen LogP contribution in [0.4, 0.5) is 0 Å². The van der Waals surface area contributed by atoms with Crippen molar-refractivity contribution in [3.63, 3.8) is 0 Å². The summed E-state index contributed by atoms with van der Waals surface area (Å²) < 4.78 is 16.7. The molecule has 6 nitrogen and oxygen atoms in total. The summed E-state index contributed by atoms with van der Waals surface area (Å²) in [6.07, 6.45) is 78.9. The minimum Gasteiger partial charge on any atom is -0.462 e. The van der Waals surface area contributed by atoms with Gasteiger partial charge in [-0.2, -0.15) is 0 Å². The molecule has 0 fully saturated rings. The molecule has 0 bridgehead atoms. The molecule has 0 aromatic rings. The molecule has 1 atom stereocenters. The van der Waals surface area contributed by atoms with E-state index >= 15 is 0 Å². The molecule has 402 valence electrons. The molecular weight excluding hydrogens is 1110 g/mol. The first kappa shape index (κ1) is 70.1. The van der Waals surface area contributed by atoms with Crippen LogP contribution in [0.1, 0.15) is 226 Å². The molecule has 0 heterocycles. The van der Waals surface area contributed by atoms with Crippen LogP contribution in [-0.2, 0) is 28.6 Å². The van der Waals surface area contributed by atoms with Crippen LogP contribution in [-0.4, -0.2) is 37.2 Å². The summed E-state index contributed by atoms with van der Waals surface area (Å²) in [7, 11) is 0. The predicted octanol–water partition coefficient (Wildman–Crippen LogP) is 20.4. The van der Waals surface area contributed by atoms with Crippen LogP contribution >= 0.6 is 37.2 Å². The van der Waals surface area contributed by atoms with Gasteiger partial charge in [0.25, 0.3) is 0 Å². The number of ether oxygens (including phenoxy) is 3. The van der Waals surface area contributed by atoms with Gasteiger partial charge in [-0.25, -0.2) is 0 Å². The second-order valence-electron chi connectivity index (χ2n) is 17.8. The SMILES string of the molecule is CC/C=C\C/C=C\C/C=C\C/C=C\C/C=C\C/C=C\CCC(=O)OC(COC(=O)CC/C=C\C/C=C\C/C=C\C/C=C\C/C=C\CCCCC)COC(=O)CCCCCCCCCCCCCCC.II. The number of hydrogen-bond acceptors (Lipinski definition) is 6. The molecule has 0 amide bonds. The van der Waals surface area contributed by atoms with Gasteiger partial charge < -0.3 is 14.2 Å². The highest BCUT2D eigenvalue weighted by molar-refractivity contribution is 15.0. The normalized spacial score (nSPS) is 12.9. The fourth-order valence-corrected chi connectivity index (χ4v) is 7.04. The monoisotopic (exact) mass is 1210 g/mol. The Balaban J connectivity index is 0. The lowest BCUT2D eigenvalue weighted by atomic mass is 10.0. The van der Waals surface area contributed by atoms with E-state index in [1.54, 1.807) is 0 Å². The van der Waals surface area contributed by atoms with Gasteiger partial charge in [-0.05, 0) is 96.3 Å². The third-order valence-corrected chi connectivity index (χ3v) is 11.2. The van der Waals surface area contributed by atoms with Crippen molar-refractivity contribution >= 4 is 55.1 Å². The average Bonchev–Trinajstić information content (AvgIpc) is 3.38. The topological polar surface area (TPSA) is 78.9 Å². The molecule has 0 radical (unpaired) electrons. The van der Waals surface area contributed by atoms with E-state index in [0.717, 1.165) is 83.5 Å². The summed E-state index contributed by atoms with van der Waals surface area (Å²) in [4.78, 5) is 38.0. The Labute approximate surface area is 459 Å². The van der Waals surface area contributed by atoms with Gasteiger partial charge in [-0.15, -0.1) is 0 Å². The van der Waals surface area contributed by atoms with Crippen molar-refractivity contribution in [1.29, 1.82) is 0 Å². The quantitative estimate of drug-likeness (QED) is 0.0199. The number of unbranched alkanes of at least 4 members (excludes halogenated alkanes) is 15. The molecule has 71 heavy (non-hydrogen) atoms.